The predicted octanol–water partition coefficient (Wildman–Crippen LogP) is 1.27. The fourth-order valence-electron chi connectivity index (χ4n) is 1.73. The van der Waals surface area contributed by atoms with E-state index in [0.717, 1.165) is 6.61 Å². The number of para-hydroxylation sites is 1. The monoisotopic (exact) mass is 267 g/mol. The van der Waals surface area contributed by atoms with Crippen molar-refractivity contribution < 1.29 is 13.9 Å². The number of hydrazine groups is 1. The molecule has 0 bridgehead atoms. The van der Waals surface area contributed by atoms with E-state index in [-0.39, 0.29) is 17.2 Å². The average molecular weight is 267 g/mol. The number of amides is 1. The minimum absolute atomic E-state index is 0.00102. The number of carbonyl (C=O) groups excluding carboxylic acids is 1. The van der Waals surface area contributed by atoms with E-state index >= 15 is 0 Å². The van der Waals surface area contributed by atoms with Gasteiger partial charge in [-0.05, 0) is 30.9 Å². The maximum absolute atomic E-state index is 13.4. The first kappa shape index (κ1) is 13.8. The number of hydrogen-bond acceptors (Lipinski definition) is 4. The Labute approximate surface area is 111 Å². The molecule has 1 amide bonds. The zero-order valence-corrected chi connectivity index (χ0v) is 10.6. The second-order valence-electron chi connectivity index (χ2n) is 4.58. The van der Waals surface area contributed by atoms with E-state index in [4.69, 9.17) is 10.6 Å². The lowest BCUT2D eigenvalue weighted by molar-refractivity contribution is 0.0907. The molecule has 1 saturated carbocycles. The van der Waals surface area contributed by atoms with E-state index < -0.39 is 5.82 Å². The molecule has 0 radical (unpaired) electrons. The van der Waals surface area contributed by atoms with Gasteiger partial charge in [0.1, 0.15) is 5.82 Å². The van der Waals surface area contributed by atoms with Crippen LogP contribution in [0.1, 0.15) is 23.2 Å². The van der Waals surface area contributed by atoms with Gasteiger partial charge in [-0.15, -0.1) is 0 Å². The molecule has 2 rings (SSSR count). The molecule has 1 aromatic carbocycles. The third-order valence-electron chi connectivity index (χ3n) is 2.99. The second-order valence-corrected chi connectivity index (χ2v) is 4.58. The van der Waals surface area contributed by atoms with Crippen LogP contribution >= 0.6 is 0 Å². The highest BCUT2D eigenvalue weighted by molar-refractivity contribution is 5.99. The number of nitrogen functional groups attached to an aromatic ring is 1. The molecule has 1 fully saturated rings. The lowest BCUT2D eigenvalue weighted by Crippen LogP contribution is -2.29. The minimum Gasteiger partial charge on any atom is -0.379 e. The lowest BCUT2D eigenvalue weighted by Gasteiger charge is -2.10. The van der Waals surface area contributed by atoms with E-state index in [9.17, 15) is 9.18 Å². The molecule has 104 valence electrons. The number of anilines is 1. The highest BCUT2D eigenvalue weighted by atomic mass is 19.1. The van der Waals surface area contributed by atoms with Crippen molar-refractivity contribution >= 4 is 11.6 Å². The van der Waals surface area contributed by atoms with Crippen molar-refractivity contribution in [2.75, 3.05) is 25.2 Å². The summed E-state index contributed by atoms with van der Waals surface area (Å²) < 4.78 is 18.8. The van der Waals surface area contributed by atoms with Gasteiger partial charge < -0.3 is 15.5 Å². The molecule has 6 heteroatoms. The summed E-state index contributed by atoms with van der Waals surface area (Å²) in [5.74, 6) is 4.98. The van der Waals surface area contributed by atoms with Crippen LogP contribution in [0, 0.1) is 11.7 Å². The van der Waals surface area contributed by atoms with Gasteiger partial charge in [-0.1, -0.05) is 6.07 Å². The first-order chi connectivity index (χ1) is 9.22. The lowest BCUT2D eigenvalue weighted by atomic mass is 10.1. The van der Waals surface area contributed by atoms with E-state index in [1.165, 1.54) is 31.0 Å². The smallest absolute Gasteiger partial charge is 0.253 e. The van der Waals surface area contributed by atoms with E-state index in [0.29, 0.717) is 19.1 Å². The van der Waals surface area contributed by atoms with E-state index in [1.54, 1.807) is 0 Å². The zero-order valence-electron chi connectivity index (χ0n) is 10.6. The first-order valence-electron chi connectivity index (χ1n) is 6.33. The van der Waals surface area contributed by atoms with Crippen LogP contribution in [0.2, 0.25) is 0 Å². The van der Waals surface area contributed by atoms with Gasteiger partial charge in [0.25, 0.3) is 5.91 Å². The Morgan fingerprint density at radius 3 is 2.95 bits per heavy atom. The minimum atomic E-state index is -0.555. The van der Waals surface area contributed by atoms with Gasteiger partial charge in [0.05, 0.1) is 17.9 Å². The Balaban J connectivity index is 1.79. The number of hydrogen-bond donors (Lipinski definition) is 3. The van der Waals surface area contributed by atoms with Crippen molar-refractivity contribution in [2.24, 2.45) is 11.8 Å². The molecule has 5 nitrogen and oxygen atoms in total. The predicted molar refractivity (Wildman–Crippen MR) is 70.1 cm³/mol. The van der Waals surface area contributed by atoms with Crippen molar-refractivity contribution in [3.63, 3.8) is 0 Å². The molecular formula is C13H18FN3O2. The third-order valence-corrected chi connectivity index (χ3v) is 2.99. The maximum atomic E-state index is 13.4. The second kappa shape index (κ2) is 6.49. The topological polar surface area (TPSA) is 76.4 Å². The quantitative estimate of drug-likeness (QED) is 0.395. The van der Waals surface area contributed by atoms with Crippen LogP contribution < -0.4 is 16.6 Å². The molecular weight excluding hydrogens is 249 g/mol. The van der Waals surface area contributed by atoms with Crippen LogP contribution in [-0.2, 0) is 4.74 Å². The van der Waals surface area contributed by atoms with Gasteiger partial charge in [-0.2, -0.15) is 0 Å². The Bertz CT molecular complexity index is 450. The first-order valence-corrected chi connectivity index (χ1v) is 6.33. The molecule has 0 unspecified atom stereocenters. The van der Waals surface area contributed by atoms with Crippen molar-refractivity contribution in [1.29, 1.82) is 0 Å². The van der Waals surface area contributed by atoms with Gasteiger partial charge in [-0.25, -0.2) is 4.39 Å². The number of ether oxygens (including phenoxy) is 1. The summed E-state index contributed by atoms with van der Waals surface area (Å²) in [5, 5.41) is 2.67. The number of nitrogens with one attached hydrogen (secondary N) is 2. The Morgan fingerprint density at radius 2 is 2.26 bits per heavy atom. The summed E-state index contributed by atoms with van der Waals surface area (Å²) in [7, 11) is 0. The van der Waals surface area contributed by atoms with Gasteiger partial charge in [0, 0.05) is 13.2 Å². The van der Waals surface area contributed by atoms with Crippen LogP contribution in [0.15, 0.2) is 18.2 Å². The highest BCUT2D eigenvalue weighted by Crippen LogP contribution is 2.28. The molecule has 1 aliphatic rings. The fourth-order valence-corrected chi connectivity index (χ4v) is 1.73. The standard InChI is InChI=1S/C13H18FN3O2/c14-11-3-1-2-10(12(11)17-15)13(18)16-6-7-19-8-9-4-5-9/h1-3,9,17H,4-8,15H2,(H,16,18). The number of carbonyl (C=O) groups is 1. The summed E-state index contributed by atoms with van der Waals surface area (Å²) in [6, 6.07) is 4.22. The summed E-state index contributed by atoms with van der Waals surface area (Å²) >= 11 is 0. The molecule has 4 N–H and O–H groups in total. The van der Waals surface area contributed by atoms with Gasteiger partial charge in [0.15, 0.2) is 0 Å². The van der Waals surface area contributed by atoms with Crippen LogP contribution in [-0.4, -0.2) is 25.7 Å². The van der Waals surface area contributed by atoms with Crippen LogP contribution in [0.3, 0.4) is 0 Å². The molecule has 0 spiro atoms. The third kappa shape index (κ3) is 3.90. The molecule has 0 saturated heterocycles. The fraction of sp³-hybridized carbons (Fsp3) is 0.462. The summed E-state index contributed by atoms with van der Waals surface area (Å²) in [6.45, 7) is 1.61. The van der Waals surface area contributed by atoms with Gasteiger partial charge in [0.2, 0.25) is 0 Å². The molecule has 0 atom stereocenters. The van der Waals surface area contributed by atoms with Crippen molar-refractivity contribution in [2.45, 2.75) is 12.8 Å². The Kier molecular flexibility index (Phi) is 4.70. The molecule has 19 heavy (non-hydrogen) atoms. The van der Waals surface area contributed by atoms with Crippen molar-refractivity contribution in [1.82, 2.24) is 5.32 Å². The van der Waals surface area contributed by atoms with Crippen molar-refractivity contribution in [3.05, 3.63) is 29.6 Å². The maximum Gasteiger partial charge on any atom is 0.253 e. The SMILES string of the molecule is NNc1c(F)cccc1C(=O)NCCOCC1CC1. The number of benzene rings is 1. The number of rotatable bonds is 7. The van der Waals surface area contributed by atoms with Crippen LogP contribution in [0.4, 0.5) is 10.1 Å². The molecule has 1 aliphatic carbocycles. The summed E-state index contributed by atoms with van der Waals surface area (Å²) in [6.07, 6.45) is 2.47. The average Bonchev–Trinajstić information content (AvgIpc) is 3.22. The van der Waals surface area contributed by atoms with Crippen LogP contribution in [0.25, 0.3) is 0 Å². The summed E-state index contributed by atoms with van der Waals surface area (Å²) in [5.41, 5.74) is 2.39. The largest absolute Gasteiger partial charge is 0.379 e. The molecule has 1 aromatic rings. The Hall–Kier alpha value is -1.66. The number of halogens is 1. The van der Waals surface area contributed by atoms with E-state index in [1.807, 2.05) is 0 Å². The van der Waals surface area contributed by atoms with E-state index in [2.05, 4.69) is 10.7 Å². The molecule has 0 heterocycles. The molecule has 0 aliphatic heterocycles. The number of nitrogens with two attached hydrogens (primary N) is 1. The zero-order chi connectivity index (χ0) is 13.7. The highest BCUT2D eigenvalue weighted by Gasteiger charge is 2.21. The van der Waals surface area contributed by atoms with Gasteiger partial charge in [-0.3, -0.25) is 10.6 Å². The van der Waals surface area contributed by atoms with Crippen molar-refractivity contribution in [3.8, 4) is 0 Å². The summed E-state index contributed by atoms with van der Waals surface area (Å²) in [4.78, 5) is 11.9. The normalized spacial score (nSPS) is 14.2. The molecule has 0 aromatic heterocycles. The van der Waals surface area contributed by atoms with Crippen LogP contribution in [0.5, 0.6) is 0 Å². The van der Waals surface area contributed by atoms with Gasteiger partial charge >= 0.3 is 0 Å². The Morgan fingerprint density at radius 1 is 1.47 bits per heavy atom.